The Labute approximate surface area is 128 Å². The van der Waals surface area contributed by atoms with Crippen LogP contribution in [-0.4, -0.2) is 11.0 Å². The van der Waals surface area contributed by atoms with Crippen molar-refractivity contribution in [3.63, 3.8) is 0 Å². The quantitative estimate of drug-likeness (QED) is 0.899. The van der Waals surface area contributed by atoms with E-state index in [9.17, 15) is 0 Å². The van der Waals surface area contributed by atoms with Crippen LogP contribution in [0.1, 0.15) is 44.4 Å². The van der Waals surface area contributed by atoms with E-state index in [0.717, 1.165) is 29.6 Å². The summed E-state index contributed by atoms with van der Waals surface area (Å²) in [6.45, 7) is 7.81. The van der Waals surface area contributed by atoms with Crippen molar-refractivity contribution in [2.24, 2.45) is 11.8 Å². The molecule has 0 amide bonds. The number of nitrogens with zero attached hydrogens (tertiary/aromatic N) is 1. The maximum atomic E-state index is 4.63. The van der Waals surface area contributed by atoms with Gasteiger partial charge in [0.15, 0.2) is 0 Å². The Morgan fingerprint density at radius 2 is 2.00 bits per heavy atom. The highest BCUT2D eigenvalue weighted by atomic mass is 14.9. The lowest BCUT2D eigenvalue weighted by atomic mass is 9.80. The third-order valence-corrected chi connectivity index (χ3v) is 4.92. The molecule has 0 bridgehead atoms. The van der Waals surface area contributed by atoms with E-state index in [1.165, 1.54) is 30.2 Å². The number of fused-ring (bicyclic) bond motifs is 1. The van der Waals surface area contributed by atoms with Gasteiger partial charge in [-0.2, -0.15) is 0 Å². The number of hydrogen-bond donors (Lipinski definition) is 1. The summed E-state index contributed by atoms with van der Waals surface area (Å²) in [6.07, 6.45) is 4.02. The molecule has 1 heterocycles. The maximum absolute atomic E-state index is 4.63. The molecule has 21 heavy (non-hydrogen) atoms. The summed E-state index contributed by atoms with van der Waals surface area (Å²) >= 11 is 0. The molecule has 1 aliphatic rings. The molecule has 1 aliphatic carbocycles. The van der Waals surface area contributed by atoms with Crippen LogP contribution in [0.15, 0.2) is 30.3 Å². The van der Waals surface area contributed by atoms with Gasteiger partial charge >= 0.3 is 0 Å². The minimum absolute atomic E-state index is 0.661. The van der Waals surface area contributed by atoms with Gasteiger partial charge in [-0.3, -0.25) is 4.98 Å². The SMILES string of the molecule is Cc1cc(CNC2CCC(C)CC2C)c2ccccc2n1. The standard InChI is InChI=1S/C19H26N2/c1-13-8-9-18(14(2)10-13)20-12-16-11-15(3)21-19-7-5-4-6-17(16)19/h4-7,11,13-14,18,20H,8-10,12H2,1-3H3. The fourth-order valence-corrected chi connectivity index (χ4v) is 3.75. The third kappa shape index (κ3) is 3.26. The third-order valence-electron chi connectivity index (χ3n) is 4.92. The molecule has 3 atom stereocenters. The molecule has 0 spiro atoms. The lowest BCUT2D eigenvalue weighted by Gasteiger charge is -2.33. The van der Waals surface area contributed by atoms with E-state index in [-0.39, 0.29) is 0 Å². The minimum Gasteiger partial charge on any atom is -0.310 e. The largest absolute Gasteiger partial charge is 0.310 e. The summed E-state index contributed by atoms with van der Waals surface area (Å²) in [5.74, 6) is 1.67. The molecule has 0 saturated heterocycles. The Morgan fingerprint density at radius 1 is 1.19 bits per heavy atom. The highest BCUT2D eigenvalue weighted by Gasteiger charge is 2.24. The molecule has 1 aromatic carbocycles. The highest BCUT2D eigenvalue weighted by molar-refractivity contribution is 5.82. The van der Waals surface area contributed by atoms with Crippen LogP contribution in [0.4, 0.5) is 0 Å². The molecule has 0 radical (unpaired) electrons. The Bertz CT molecular complexity index is 620. The van der Waals surface area contributed by atoms with Crippen molar-refractivity contribution >= 4 is 10.9 Å². The molecule has 2 heteroatoms. The van der Waals surface area contributed by atoms with Crippen LogP contribution in [0, 0.1) is 18.8 Å². The average molecular weight is 282 g/mol. The number of aryl methyl sites for hydroxylation is 1. The van der Waals surface area contributed by atoms with Crippen LogP contribution < -0.4 is 5.32 Å². The van der Waals surface area contributed by atoms with Gasteiger partial charge in [0.25, 0.3) is 0 Å². The molecule has 1 aromatic heterocycles. The molecule has 1 fully saturated rings. The summed E-state index contributed by atoms with van der Waals surface area (Å²) in [5.41, 5.74) is 3.60. The van der Waals surface area contributed by atoms with Crippen molar-refractivity contribution in [2.45, 2.75) is 52.6 Å². The first-order valence-electron chi connectivity index (χ1n) is 8.22. The number of aromatic nitrogens is 1. The maximum Gasteiger partial charge on any atom is 0.0708 e. The van der Waals surface area contributed by atoms with Crippen molar-refractivity contribution in [1.29, 1.82) is 0 Å². The van der Waals surface area contributed by atoms with Crippen molar-refractivity contribution in [1.82, 2.24) is 10.3 Å². The van der Waals surface area contributed by atoms with E-state index < -0.39 is 0 Å². The van der Waals surface area contributed by atoms with E-state index in [1.807, 2.05) is 0 Å². The lowest BCUT2D eigenvalue weighted by molar-refractivity contribution is 0.227. The predicted octanol–water partition coefficient (Wildman–Crippen LogP) is 4.46. The van der Waals surface area contributed by atoms with Crippen LogP contribution in [0.3, 0.4) is 0 Å². The van der Waals surface area contributed by atoms with Crippen molar-refractivity contribution < 1.29 is 0 Å². The molecule has 112 valence electrons. The molecule has 3 unspecified atom stereocenters. The number of hydrogen-bond acceptors (Lipinski definition) is 2. The van der Waals surface area contributed by atoms with Crippen LogP contribution in [-0.2, 0) is 6.54 Å². The summed E-state index contributed by atoms with van der Waals surface area (Å²) in [5, 5.41) is 5.08. The average Bonchev–Trinajstić information content (AvgIpc) is 2.46. The molecule has 0 aliphatic heterocycles. The molecule has 1 saturated carbocycles. The van der Waals surface area contributed by atoms with Gasteiger partial charge in [0, 0.05) is 23.7 Å². The highest BCUT2D eigenvalue weighted by Crippen LogP contribution is 2.29. The van der Waals surface area contributed by atoms with Crippen molar-refractivity contribution in [2.75, 3.05) is 0 Å². The van der Waals surface area contributed by atoms with Crippen molar-refractivity contribution in [3.05, 3.63) is 41.6 Å². The lowest BCUT2D eigenvalue weighted by Crippen LogP contribution is -2.38. The van der Waals surface area contributed by atoms with E-state index in [2.05, 4.69) is 61.4 Å². The Hall–Kier alpha value is -1.41. The van der Waals surface area contributed by atoms with Gasteiger partial charge in [-0.05, 0) is 55.7 Å². The summed E-state index contributed by atoms with van der Waals surface area (Å²) in [4.78, 5) is 4.63. The van der Waals surface area contributed by atoms with Gasteiger partial charge in [0.2, 0.25) is 0 Å². The Morgan fingerprint density at radius 3 is 2.81 bits per heavy atom. The first-order valence-corrected chi connectivity index (χ1v) is 8.22. The topological polar surface area (TPSA) is 24.9 Å². The smallest absolute Gasteiger partial charge is 0.0708 e. The van der Waals surface area contributed by atoms with Gasteiger partial charge in [-0.15, -0.1) is 0 Å². The van der Waals surface area contributed by atoms with Crippen LogP contribution in [0.25, 0.3) is 10.9 Å². The van der Waals surface area contributed by atoms with E-state index in [4.69, 9.17) is 0 Å². The molecular weight excluding hydrogens is 256 g/mol. The predicted molar refractivity (Wildman–Crippen MR) is 89.3 cm³/mol. The van der Waals surface area contributed by atoms with Gasteiger partial charge in [-0.1, -0.05) is 32.0 Å². The zero-order valence-electron chi connectivity index (χ0n) is 13.4. The monoisotopic (exact) mass is 282 g/mol. The number of rotatable bonds is 3. The second-order valence-electron chi connectivity index (χ2n) is 6.82. The van der Waals surface area contributed by atoms with Gasteiger partial charge in [0.1, 0.15) is 0 Å². The molecule has 2 nitrogen and oxygen atoms in total. The summed E-state index contributed by atoms with van der Waals surface area (Å²) < 4.78 is 0. The molecule has 1 N–H and O–H groups in total. The van der Waals surface area contributed by atoms with E-state index in [1.54, 1.807) is 0 Å². The number of benzene rings is 1. The first kappa shape index (κ1) is 14.5. The summed E-state index contributed by atoms with van der Waals surface area (Å²) in [6, 6.07) is 11.4. The Balaban J connectivity index is 1.76. The normalized spacial score (nSPS) is 26.1. The van der Waals surface area contributed by atoms with Gasteiger partial charge in [0.05, 0.1) is 5.52 Å². The number of pyridine rings is 1. The zero-order valence-corrected chi connectivity index (χ0v) is 13.4. The number of para-hydroxylation sites is 1. The van der Waals surface area contributed by atoms with Crippen LogP contribution in [0.2, 0.25) is 0 Å². The second-order valence-corrected chi connectivity index (χ2v) is 6.82. The number of nitrogens with one attached hydrogen (secondary N) is 1. The minimum atomic E-state index is 0.661. The van der Waals surface area contributed by atoms with Crippen LogP contribution >= 0.6 is 0 Å². The molecule has 2 aromatic rings. The fraction of sp³-hybridized carbons (Fsp3) is 0.526. The summed E-state index contributed by atoms with van der Waals surface area (Å²) in [7, 11) is 0. The Kier molecular flexibility index (Phi) is 4.25. The van der Waals surface area contributed by atoms with E-state index >= 15 is 0 Å². The first-order chi connectivity index (χ1) is 10.1. The zero-order chi connectivity index (χ0) is 14.8. The fourth-order valence-electron chi connectivity index (χ4n) is 3.75. The van der Waals surface area contributed by atoms with Gasteiger partial charge in [-0.25, -0.2) is 0 Å². The van der Waals surface area contributed by atoms with Crippen LogP contribution in [0.5, 0.6) is 0 Å². The van der Waals surface area contributed by atoms with E-state index in [0.29, 0.717) is 6.04 Å². The van der Waals surface area contributed by atoms with Crippen molar-refractivity contribution in [3.8, 4) is 0 Å². The molecular formula is C19H26N2. The van der Waals surface area contributed by atoms with Gasteiger partial charge < -0.3 is 5.32 Å². The molecule has 3 rings (SSSR count). The second kappa shape index (κ2) is 6.15.